The van der Waals surface area contributed by atoms with E-state index in [-0.39, 0.29) is 0 Å². The summed E-state index contributed by atoms with van der Waals surface area (Å²) in [6, 6.07) is 0.600. The molecule has 0 atom stereocenters. The summed E-state index contributed by atoms with van der Waals surface area (Å²) in [4.78, 5) is 21.5. The average molecular weight is 375 g/mol. The van der Waals surface area contributed by atoms with Gasteiger partial charge in [-0.25, -0.2) is 0 Å². The highest BCUT2D eigenvalue weighted by molar-refractivity contribution is 5.47. The molecule has 0 aliphatic carbocycles. The Morgan fingerprint density at radius 2 is 0.889 bits per heavy atom. The zero-order valence-corrected chi connectivity index (χ0v) is 16.6. The maximum Gasteiger partial charge on any atom is 0.231 e. The summed E-state index contributed by atoms with van der Waals surface area (Å²) in [6.45, 7) is 8.07. The molecule has 27 heavy (non-hydrogen) atoms. The molecule has 0 aromatic carbocycles. The van der Waals surface area contributed by atoms with Crippen LogP contribution in [0.1, 0.15) is 45.4 Å². The molecular formula is C19H34N8. The van der Waals surface area contributed by atoms with E-state index in [1.807, 2.05) is 0 Å². The van der Waals surface area contributed by atoms with E-state index < -0.39 is 0 Å². The maximum atomic E-state index is 6.09. The molecule has 3 aliphatic rings. The molecule has 0 bridgehead atoms. The van der Waals surface area contributed by atoms with E-state index in [4.69, 9.17) is 26.4 Å². The van der Waals surface area contributed by atoms with Gasteiger partial charge in [0.2, 0.25) is 17.8 Å². The van der Waals surface area contributed by atoms with Crippen molar-refractivity contribution in [3.05, 3.63) is 0 Å². The van der Waals surface area contributed by atoms with E-state index >= 15 is 0 Å². The van der Waals surface area contributed by atoms with E-state index in [1.54, 1.807) is 0 Å². The zero-order chi connectivity index (χ0) is 18.8. The fraction of sp³-hybridized carbons (Fsp3) is 0.842. The van der Waals surface area contributed by atoms with Crippen molar-refractivity contribution in [1.82, 2.24) is 15.0 Å². The summed E-state index contributed by atoms with van der Waals surface area (Å²) in [6.07, 6.45) is 6.39. The molecule has 0 unspecified atom stereocenters. The second-order valence-corrected chi connectivity index (χ2v) is 8.55. The molecular weight excluding hydrogens is 340 g/mol. The Labute approximate surface area is 162 Å². The molecule has 150 valence electrons. The molecule has 0 spiro atoms. The number of aromatic nitrogens is 3. The lowest BCUT2D eigenvalue weighted by molar-refractivity contribution is 0.433. The van der Waals surface area contributed by atoms with Gasteiger partial charge in [0.25, 0.3) is 0 Å². The van der Waals surface area contributed by atoms with Gasteiger partial charge in [0.1, 0.15) is 0 Å². The van der Waals surface area contributed by atoms with E-state index in [2.05, 4.69) is 21.6 Å². The number of rotatable bonds is 3. The summed E-state index contributed by atoms with van der Waals surface area (Å²) in [7, 11) is 0. The first-order chi connectivity index (χ1) is 13.1. The first kappa shape index (κ1) is 18.7. The summed E-state index contributed by atoms with van der Waals surface area (Å²) < 4.78 is 0. The standard InChI is InChI=1S/C19H34N8/c1-14-2-8-25(9-3-14)17-22-18(26-10-4-15(20)5-11-26)24-19(23-17)27-12-6-16(21)7-13-27/h14-16H,2-13,20-21H2,1H3. The van der Waals surface area contributed by atoms with Crippen LogP contribution in [0.5, 0.6) is 0 Å². The number of nitrogens with zero attached hydrogens (tertiary/aromatic N) is 6. The predicted molar refractivity (Wildman–Crippen MR) is 109 cm³/mol. The van der Waals surface area contributed by atoms with Crippen LogP contribution in [0.3, 0.4) is 0 Å². The molecule has 3 saturated heterocycles. The number of hydrogen-bond donors (Lipinski definition) is 2. The second-order valence-electron chi connectivity index (χ2n) is 8.55. The van der Waals surface area contributed by atoms with Crippen molar-refractivity contribution in [3.63, 3.8) is 0 Å². The van der Waals surface area contributed by atoms with Gasteiger partial charge in [-0.1, -0.05) is 6.92 Å². The van der Waals surface area contributed by atoms with Gasteiger partial charge in [-0.2, -0.15) is 15.0 Å². The average Bonchev–Trinajstić information content (AvgIpc) is 2.69. The molecule has 8 nitrogen and oxygen atoms in total. The Balaban J connectivity index is 1.59. The van der Waals surface area contributed by atoms with Crippen LogP contribution < -0.4 is 26.2 Å². The zero-order valence-electron chi connectivity index (χ0n) is 16.6. The van der Waals surface area contributed by atoms with E-state index in [0.717, 1.165) is 88.7 Å². The smallest absolute Gasteiger partial charge is 0.231 e. The van der Waals surface area contributed by atoms with Gasteiger partial charge >= 0.3 is 0 Å². The van der Waals surface area contributed by atoms with Crippen LogP contribution in [0.25, 0.3) is 0 Å². The first-order valence-corrected chi connectivity index (χ1v) is 10.6. The largest absolute Gasteiger partial charge is 0.341 e. The second kappa shape index (κ2) is 8.14. The molecule has 0 saturated carbocycles. The monoisotopic (exact) mass is 374 g/mol. The Morgan fingerprint density at radius 1 is 0.593 bits per heavy atom. The lowest BCUT2D eigenvalue weighted by Crippen LogP contribution is -2.43. The molecule has 4 N–H and O–H groups in total. The summed E-state index contributed by atoms with van der Waals surface area (Å²) in [5.74, 6) is 3.26. The Kier molecular flexibility index (Phi) is 5.63. The Hall–Kier alpha value is -1.67. The minimum atomic E-state index is 0.300. The number of anilines is 3. The van der Waals surface area contributed by atoms with Crippen LogP contribution >= 0.6 is 0 Å². The third-order valence-electron chi connectivity index (χ3n) is 6.31. The van der Waals surface area contributed by atoms with Crippen molar-refractivity contribution >= 4 is 17.8 Å². The van der Waals surface area contributed by atoms with Crippen molar-refractivity contribution in [2.75, 3.05) is 54.0 Å². The van der Waals surface area contributed by atoms with Crippen molar-refractivity contribution in [2.24, 2.45) is 17.4 Å². The van der Waals surface area contributed by atoms with Gasteiger partial charge in [0, 0.05) is 51.4 Å². The topological polar surface area (TPSA) is 100 Å². The van der Waals surface area contributed by atoms with Crippen molar-refractivity contribution in [1.29, 1.82) is 0 Å². The summed E-state index contributed by atoms with van der Waals surface area (Å²) >= 11 is 0. The lowest BCUT2D eigenvalue weighted by atomic mass is 10.00. The molecule has 1 aromatic heterocycles. The molecule has 0 radical (unpaired) electrons. The van der Waals surface area contributed by atoms with Crippen LogP contribution in [-0.4, -0.2) is 66.3 Å². The molecule has 4 heterocycles. The molecule has 4 rings (SSSR count). The molecule has 0 amide bonds. The van der Waals surface area contributed by atoms with Crippen LogP contribution in [0.4, 0.5) is 17.8 Å². The van der Waals surface area contributed by atoms with Crippen LogP contribution in [-0.2, 0) is 0 Å². The predicted octanol–water partition coefficient (Wildman–Crippen LogP) is 0.963. The van der Waals surface area contributed by atoms with Gasteiger partial charge in [-0.3, -0.25) is 0 Å². The summed E-state index contributed by atoms with van der Waals surface area (Å²) in [5.41, 5.74) is 12.2. The highest BCUT2D eigenvalue weighted by Crippen LogP contribution is 2.26. The van der Waals surface area contributed by atoms with E-state index in [1.165, 1.54) is 12.8 Å². The molecule has 3 aliphatic heterocycles. The van der Waals surface area contributed by atoms with Gasteiger partial charge in [0.05, 0.1) is 0 Å². The Morgan fingerprint density at radius 3 is 1.22 bits per heavy atom. The van der Waals surface area contributed by atoms with E-state index in [0.29, 0.717) is 12.1 Å². The van der Waals surface area contributed by atoms with Crippen LogP contribution in [0, 0.1) is 5.92 Å². The van der Waals surface area contributed by atoms with Crippen molar-refractivity contribution < 1.29 is 0 Å². The highest BCUT2D eigenvalue weighted by Gasteiger charge is 2.26. The fourth-order valence-electron chi connectivity index (χ4n) is 4.18. The lowest BCUT2D eigenvalue weighted by Gasteiger charge is -2.35. The minimum absolute atomic E-state index is 0.300. The van der Waals surface area contributed by atoms with Crippen LogP contribution in [0.2, 0.25) is 0 Å². The van der Waals surface area contributed by atoms with Gasteiger partial charge in [-0.15, -0.1) is 0 Å². The molecule has 8 heteroatoms. The highest BCUT2D eigenvalue weighted by atomic mass is 15.4. The third-order valence-corrected chi connectivity index (χ3v) is 6.31. The Bertz CT molecular complexity index is 516. The maximum absolute atomic E-state index is 6.09. The number of nitrogens with two attached hydrogens (primary N) is 2. The molecule has 3 fully saturated rings. The SMILES string of the molecule is CC1CCN(c2nc(N3CCC(N)CC3)nc(N3CCC(N)CC3)n2)CC1. The van der Waals surface area contributed by atoms with E-state index in [9.17, 15) is 0 Å². The first-order valence-electron chi connectivity index (χ1n) is 10.6. The molecule has 1 aromatic rings. The summed E-state index contributed by atoms with van der Waals surface area (Å²) in [5, 5.41) is 0. The quantitative estimate of drug-likeness (QED) is 0.807. The number of piperidine rings is 3. The van der Waals surface area contributed by atoms with Gasteiger partial charge < -0.3 is 26.2 Å². The van der Waals surface area contributed by atoms with Crippen molar-refractivity contribution in [3.8, 4) is 0 Å². The van der Waals surface area contributed by atoms with Gasteiger partial charge in [-0.05, 0) is 44.4 Å². The van der Waals surface area contributed by atoms with Gasteiger partial charge in [0.15, 0.2) is 0 Å². The van der Waals surface area contributed by atoms with Crippen LogP contribution in [0.15, 0.2) is 0 Å². The fourth-order valence-corrected chi connectivity index (χ4v) is 4.18. The third kappa shape index (κ3) is 4.43. The normalized spacial score (nSPS) is 23.9. The minimum Gasteiger partial charge on any atom is -0.341 e. The number of hydrogen-bond acceptors (Lipinski definition) is 8. The van der Waals surface area contributed by atoms with Crippen molar-refractivity contribution in [2.45, 2.75) is 57.5 Å².